The second kappa shape index (κ2) is 16.9. The molecule has 0 unspecified atom stereocenters. The number of hydrogen-bond acceptors (Lipinski definition) is 19. The Morgan fingerprint density at radius 3 is 1.55 bits per heavy atom. The van der Waals surface area contributed by atoms with Crippen LogP contribution in [0.3, 0.4) is 0 Å². The molecule has 0 bridgehead atoms. The number of nitriles is 4. The molecule has 19 heteroatoms. The molecule has 0 saturated heterocycles. The number of thiazole rings is 2. The summed E-state index contributed by atoms with van der Waals surface area (Å²) in [5.74, 6) is -1.71. The van der Waals surface area contributed by atoms with Crippen molar-refractivity contribution < 1.29 is 33.3 Å². The fraction of sp³-hybridized carbons (Fsp3) is 0.128. The maximum absolute atomic E-state index is 14.6. The van der Waals surface area contributed by atoms with Crippen LogP contribution in [0.25, 0.3) is 29.5 Å². The summed E-state index contributed by atoms with van der Waals surface area (Å²) in [7, 11) is 2.86. The Balaban J connectivity index is 1.42. The molecule has 0 N–H and O–H groups in total. The van der Waals surface area contributed by atoms with Crippen molar-refractivity contribution in [3.63, 3.8) is 0 Å². The van der Waals surface area contributed by atoms with Crippen molar-refractivity contribution in [3.8, 4) is 71.2 Å². The smallest absolute Gasteiger partial charge is 0.369 e. The lowest BCUT2D eigenvalue weighted by Gasteiger charge is -2.31. The van der Waals surface area contributed by atoms with Crippen molar-refractivity contribution in [3.05, 3.63) is 89.6 Å². The van der Waals surface area contributed by atoms with E-state index in [0.717, 1.165) is 45.3 Å². The maximum Gasteiger partial charge on any atom is 0.369 e. The lowest BCUT2D eigenvalue weighted by molar-refractivity contribution is -0.184. The van der Waals surface area contributed by atoms with Gasteiger partial charge in [0.2, 0.25) is 17.3 Å². The molecule has 6 aromatic rings. The van der Waals surface area contributed by atoms with Crippen LogP contribution >= 0.6 is 45.3 Å². The number of carbonyl (C=O) groups excluding carboxylic acids is 2. The second-order valence-electron chi connectivity index (χ2n) is 11.6. The first kappa shape index (κ1) is 39.0. The normalized spacial score (nSPS) is 11.8. The highest BCUT2D eigenvalue weighted by Crippen LogP contribution is 2.57. The van der Waals surface area contributed by atoms with E-state index in [4.69, 9.17) is 33.7 Å². The molecule has 58 heavy (non-hydrogen) atoms. The molecule has 0 spiro atoms. The standard InChI is InChI=1S/C39H22N8O7S4/c1-50-25-13-27(44-23(15-40)16-41)55-29(25)35-46-33-31(57-35)32-34(47-36(58-32)30-26(51-2)14-28(56-30)45-24(17-42)18-43)54-39(33,37(48)52-19-21-9-5-3-6-10-21)38(49)53-20-22-11-7-4-8-12-22/h3-14H,19-20H2,1-2H3. The number of thiophene rings is 2. The third-order valence-electron chi connectivity index (χ3n) is 8.08. The third-order valence-corrected chi connectivity index (χ3v) is 12.7. The van der Waals surface area contributed by atoms with Crippen molar-refractivity contribution in [2.24, 2.45) is 9.98 Å². The number of aromatic nitrogens is 2. The van der Waals surface area contributed by atoms with Crippen LogP contribution in [-0.2, 0) is 37.9 Å². The molecule has 0 saturated carbocycles. The summed E-state index contributed by atoms with van der Waals surface area (Å²) in [5.41, 5.74) is -2.21. The Morgan fingerprint density at radius 2 is 1.10 bits per heavy atom. The second-order valence-corrected chi connectivity index (χ2v) is 15.6. The SMILES string of the molecule is COc1cc(N=C(C#N)C#N)sc1-c1nc2c(s1)-c1sc(-c3sc(N=C(C#N)C#N)cc3OC)nc1C(C(=O)OCc1ccccc1)(C(=O)OCc1ccccc1)O2. The van der Waals surface area contributed by atoms with E-state index in [1.165, 1.54) is 20.3 Å². The Labute approximate surface area is 345 Å². The number of ether oxygens (including phenoxy) is 5. The van der Waals surface area contributed by atoms with E-state index in [0.29, 0.717) is 52.1 Å². The molecule has 0 amide bonds. The minimum absolute atomic E-state index is 0.109. The number of benzene rings is 2. The minimum Gasteiger partial charge on any atom is -0.495 e. The Morgan fingerprint density at radius 1 is 0.655 bits per heavy atom. The van der Waals surface area contributed by atoms with Crippen LogP contribution in [-0.4, -0.2) is 47.5 Å². The maximum atomic E-state index is 14.6. The van der Waals surface area contributed by atoms with Crippen molar-refractivity contribution in [1.29, 1.82) is 21.0 Å². The zero-order valence-corrected chi connectivity index (χ0v) is 33.2. The van der Waals surface area contributed by atoms with Gasteiger partial charge in [0.05, 0.1) is 19.1 Å². The highest BCUT2D eigenvalue weighted by atomic mass is 32.1. The lowest BCUT2D eigenvalue weighted by atomic mass is 9.95. The molecule has 5 heterocycles. The predicted octanol–water partition coefficient (Wildman–Crippen LogP) is 8.05. The zero-order chi connectivity index (χ0) is 40.8. The van der Waals surface area contributed by atoms with E-state index < -0.39 is 17.5 Å². The van der Waals surface area contributed by atoms with E-state index in [1.54, 1.807) is 78.9 Å². The van der Waals surface area contributed by atoms with Crippen LogP contribution < -0.4 is 14.2 Å². The highest BCUT2D eigenvalue weighted by Gasteiger charge is 2.61. The monoisotopic (exact) mass is 842 g/mol. The van der Waals surface area contributed by atoms with Gasteiger partial charge in [-0.05, 0) is 11.1 Å². The van der Waals surface area contributed by atoms with E-state index in [1.807, 2.05) is 12.1 Å². The number of carbonyl (C=O) groups is 2. The van der Waals surface area contributed by atoms with E-state index in [2.05, 4.69) is 9.98 Å². The summed E-state index contributed by atoms with van der Waals surface area (Å²) in [6, 6.07) is 27.7. The van der Waals surface area contributed by atoms with E-state index in [9.17, 15) is 30.6 Å². The molecular weight excluding hydrogens is 821 g/mol. The van der Waals surface area contributed by atoms with E-state index in [-0.39, 0.29) is 46.2 Å². The Bertz CT molecular complexity index is 2710. The first-order chi connectivity index (χ1) is 28.2. The van der Waals surface area contributed by atoms with Gasteiger partial charge in [-0.25, -0.2) is 29.5 Å². The molecule has 0 aliphatic carbocycles. The molecule has 284 valence electrons. The fourth-order valence-electron chi connectivity index (χ4n) is 5.43. The van der Waals surface area contributed by atoms with Crippen LogP contribution in [0.15, 0.2) is 82.8 Å². The number of rotatable bonds is 12. The molecule has 15 nitrogen and oxygen atoms in total. The van der Waals surface area contributed by atoms with E-state index >= 15 is 0 Å². The van der Waals surface area contributed by atoms with Gasteiger partial charge in [0.1, 0.15) is 89.3 Å². The zero-order valence-electron chi connectivity index (χ0n) is 29.9. The quantitative estimate of drug-likeness (QED) is 0.0646. The molecule has 1 aliphatic heterocycles. The Hall–Kier alpha value is -7.26. The topological polar surface area (TPSA) is 226 Å². The summed E-state index contributed by atoms with van der Waals surface area (Å²) < 4.78 is 29.3. The average molecular weight is 843 g/mol. The summed E-state index contributed by atoms with van der Waals surface area (Å²) in [6.07, 6.45) is 0. The number of aliphatic imine (C=N–C) groups is 2. The number of esters is 2. The first-order valence-corrected chi connectivity index (χ1v) is 19.8. The van der Waals surface area contributed by atoms with Crippen molar-refractivity contribution in [1.82, 2.24) is 9.97 Å². The number of nitrogens with zero attached hydrogens (tertiary/aromatic N) is 8. The molecule has 0 radical (unpaired) electrons. The molecule has 0 fully saturated rings. The number of methoxy groups -OCH3 is 2. The van der Waals surface area contributed by atoms with Gasteiger partial charge in [-0.3, -0.25) is 0 Å². The third kappa shape index (κ3) is 7.50. The predicted molar refractivity (Wildman–Crippen MR) is 214 cm³/mol. The van der Waals surface area contributed by atoms with Gasteiger partial charge in [-0.2, -0.15) is 21.0 Å². The average Bonchev–Trinajstić information content (AvgIpc) is 4.07. The van der Waals surface area contributed by atoms with Gasteiger partial charge in [-0.15, -0.1) is 45.3 Å². The van der Waals surface area contributed by atoms with Crippen LogP contribution in [0.5, 0.6) is 17.4 Å². The molecule has 2 aromatic carbocycles. The van der Waals surface area contributed by atoms with Crippen LogP contribution in [0.1, 0.15) is 16.8 Å². The molecule has 4 aromatic heterocycles. The van der Waals surface area contributed by atoms with Gasteiger partial charge < -0.3 is 23.7 Å². The molecule has 0 atom stereocenters. The van der Waals surface area contributed by atoms with Gasteiger partial charge in [0.25, 0.3) is 0 Å². The lowest BCUT2D eigenvalue weighted by Crippen LogP contribution is -2.52. The van der Waals surface area contributed by atoms with Gasteiger partial charge in [0, 0.05) is 12.1 Å². The van der Waals surface area contributed by atoms with Crippen molar-refractivity contribution >= 4 is 78.7 Å². The van der Waals surface area contributed by atoms with Crippen molar-refractivity contribution in [2.45, 2.75) is 18.8 Å². The summed E-state index contributed by atoms with van der Waals surface area (Å²) in [5, 5.41) is 38.4. The first-order valence-electron chi connectivity index (χ1n) is 16.5. The molecular formula is C39H22N8O7S4. The van der Waals surface area contributed by atoms with Crippen LogP contribution in [0.4, 0.5) is 10.0 Å². The largest absolute Gasteiger partial charge is 0.495 e. The molecule has 1 aliphatic rings. The Kier molecular flexibility index (Phi) is 11.3. The van der Waals surface area contributed by atoms with Gasteiger partial charge >= 0.3 is 17.5 Å². The summed E-state index contributed by atoms with van der Waals surface area (Å²) >= 11 is 4.41. The summed E-state index contributed by atoms with van der Waals surface area (Å²) in [6.45, 7) is -0.441. The number of fused-ring (bicyclic) bond motifs is 3. The fourth-order valence-corrected chi connectivity index (χ4v) is 9.83. The highest BCUT2D eigenvalue weighted by molar-refractivity contribution is 7.29. The summed E-state index contributed by atoms with van der Waals surface area (Å²) in [4.78, 5) is 48.7. The van der Waals surface area contributed by atoms with Crippen LogP contribution in [0, 0.1) is 45.3 Å². The minimum atomic E-state index is -2.63. The van der Waals surface area contributed by atoms with Gasteiger partial charge in [0.15, 0.2) is 0 Å². The number of hydrogen-bond donors (Lipinski definition) is 0. The molecule has 7 rings (SSSR count). The van der Waals surface area contributed by atoms with Crippen molar-refractivity contribution in [2.75, 3.05) is 14.2 Å². The van der Waals surface area contributed by atoms with Crippen LogP contribution in [0.2, 0.25) is 0 Å². The van der Waals surface area contributed by atoms with Gasteiger partial charge in [-0.1, -0.05) is 60.7 Å².